The smallest absolute Gasteiger partial charge is 0.410 e. The van der Waals surface area contributed by atoms with Gasteiger partial charge in [-0.3, -0.25) is 9.59 Å². The molecule has 1 fully saturated rings. The third-order valence-corrected chi connectivity index (χ3v) is 4.91. The summed E-state index contributed by atoms with van der Waals surface area (Å²) in [4.78, 5) is 38.7. The van der Waals surface area contributed by atoms with E-state index in [9.17, 15) is 14.4 Å². The Morgan fingerprint density at radius 2 is 1.73 bits per heavy atom. The van der Waals surface area contributed by atoms with Crippen LogP contribution in [-0.2, 0) is 30.4 Å². The first-order valence-electron chi connectivity index (χ1n) is 10.1. The monoisotopic (exact) mass is 420 g/mol. The molecule has 0 aliphatic carbocycles. The highest BCUT2D eigenvalue weighted by molar-refractivity contribution is 5.86. The summed E-state index contributed by atoms with van der Waals surface area (Å²) in [5, 5.41) is 2.67. The average molecular weight is 421 g/mol. The number of amides is 2. The number of carbonyl (C=O) groups excluding carboxylic acids is 3. The van der Waals surface area contributed by atoms with E-state index in [1.165, 1.54) is 7.11 Å². The highest BCUT2D eigenvalue weighted by atomic mass is 16.6. The van der Waals surface area contributed by atoms with Gasteiger partial charge < -0.3 is 24.4 Å². The summed E-state index contributed by atoms with van der Waals surface area (Å²) in [6, 6.07) is 9.33. The van der Waals surface area contributed by atoms with E-state index in [4.69, 9.17) is 14.2 Å². The fraction of sp³-hybridized carbons (Fsp3) is 0.591. The number of nitrogens with one attached hydrogen (secondary N) is 1. The van der Waals surface area contributed by atoms with Gasteiger partial charge in [0, 0.05) is 20.2 Å². The van der Waals surface area contributed by atoms with Crippen LogP contribution in [0.3, 0.4) is 0 Å². The van der Waals surface area contributed by atoms with E-state index >= 15 is 0 Å². The highest BCUT2D eigenvalue weighted by Crippen LogP contribution is 2.33. The van der Waals surface area contributed by atoms with Crippen LogP contribution in [0.2, 0.25) is 0 Å². The Labute approximate surface area is 177 Å². The Hall–Kier alpha value is -2.61. The number of nitrogens with zero attached hydrogens (tertiary/aromatic N) is 1. The van der Waals surface area contributed by atoms with Gasteiger partial charge in [-0.25, -0.2) is 4.79 Å². The molecule has 0 aromatic heterocycles. The van der Waals surface area contributed by atoms with Crippen molar-refractivity contribution in [3.05, 3.63) is 35.9 Å². The lowest BCUT2D eigenvalue weighted by molar-refractivity contribution is -0.147. The molecule has 0 spiro atoms. The van der Waals surface area contributed by atoms with E-state index in [1.54, 1.807) is 4.90 Å². The summed E-state index contributed by atoms with van der Waals surface area (Å²) in [5.41, 5.74) is -0.495. The zero-order valence-electron chi connectivity index (χ0n) is 18.2. The van der Waals surface area contributed by atoms with E-state index in [0.717, 1.165) is 5.56 Å². The lowest BCUT2D eigenvalue weighted by Gasteiger charge is -2.40. The molecule has 1 heterocycles. The first-order chi connectivity index (χ1) is 14.1. The van der Waals surface area contributed by atoms with Crippen molar-refractivity contribution in [1.82, 2.24) is 10.2 Å². The molecule has 1 aromatic carbocycles. The van der Waals surface area contributed by atoms with Crippen molar-refractivity contribution in [2.75, 3.05) is 33.4 Å². The Morgan fingerprint density at radius 1 is 1.10 bits per heavy atom. The van der Waals surface area contributed by atoms with Crippen LogP contribution < -0.4 is 5.32 Å². The van der Waals surface area contributed by atoms with Crippen LogP contribution in [0.5, 0.6) is 0 Å². The maximum absolute atomic E-state index is 12.9. The molecule has 1 aliphatic rings. The first-order valence-corrected chi connectivity index (χ1v) is 10.1. The van der Waals surface area contributed by atoms with Crippen molar-refractivity contribution < 1.29 is 28.6 Å². The van der Waals surface area contributed by atoms with Crippen LogP contribution in [0.25, 0.3) is 0 Å². The molecule has 1 aliphatic heterocycles. The molecule has 30 heavy (non-hydrogen) atoms. The van der Waals surface area contributed by atoms with E-state index in [-0.39, 0.29) is 25.7 Å². The van der Waals surface area contributed by atoms with Gasteiger partial charge in [0.25, 0.3) is 0 Å². The van der Waals surface area contributed by atoms with Crippen LogP contribution in [0.15, 0.2) is 30.3 Å². The van der Waals surface area contributed by atoms with Crippen LogP contribution in [0.4, 0.5) is 4.79 Å². The predicted molar refractivity (Wildman–Crippen MR) is 111 cm³/mol. The molecular formula is C22H32N2O6. The molecular weight excluding hydrogens is 388 g/mol. The lowest BCUT2D eigenvalue weighted by atomic mass is 9.78. The number of hydrogen-bond acceptors (Lipinski definition) is 6. The normalized spacial score (nSPS) is 15.9. The van der Waals surface area contributed by atoms with Gasteiger partial charge in [0.05, 0.1) is 12.0 Å². The molecule has 0 unspecified atom stereocenters. The summed E-state index contributed by atoms with van der Waals surface area (Å²) in [5.74, 6) is -0.782. The maximum atomic E-state index is 12.9. The van der Waals surface area contributed by atoms with Crippen molar-refractivity contribution in [2.45, 2.75) is 45.8 Å². The second-order valence-electron chi connectivity index (χ2n) is 8.51. The van der Waals surface area contributed by atoms with Crippen LogP contribution in [-0.4, -0.2) is 61.8 Å². The number of piperidine rings is 1. The minimum absolute atomic E-state index is 0.156. The molecule has 8 nitrogen and oxygen atoms in total. The van der Waals surface area contributed by atoms with Crippen LogP contribution in [0.1, 0.15) is 39.2 Å². The van der Waals surface area contributed by atoms with Gasteiger partial charge >= 0.3 is 12.1 Å². The average Bonchev–Trinajstić information content (AvgIpc) is 2.70. The molecule has 1 aromatic rings. The number of likely N-dealkylation sites (tertiary alicyclic amines) is 1. The quantitative estimate of drug-likeness (QED) is 0.681. The van der Waals surface area contributed by atoms with Gasteiger partial charge in [-0.15, -0.1) is 0 Å². The molecule has 2 rings (SSSR count). The number of methoxy groups -OCH3 is 1. The van der Waals surface area contributed by atoms with E-state index in [1.807, 2.05) is 51.1 Å². The first kappa shape index (κ1) is 23.7. The van der Waals surface area contributed by atoms with Gasteiger partial charge in [0.2, 0.25) is 5.91 Å². The van der Waals surface area contributed by atoms with Gasteiger partial charge in [0.15, 0.2) is 0 Å². The summed E-state index contributed by atoms with van der Waals surface area (Å²) in [6.45, 7) is 6.35. The molecule has 166 valence electrons. The number of hydrogen-bond donors (Lipinski definition) is 1. The summed E-state index contributed by atoms with van der Waals surface area (Å²) in [7, 11) is 1.53. The standard InChI is InChI=1S/C22H32N2O6/c1-21(2,3)30-20(27)24-12-10-22(11-13-24,16-28-4)19(26)23-14-18(25)29-15-17-8-6-5-7-9-17/h5-9H,10-16H2,1-4H3,(H,23,26). The van der Waals surface area contributed by atoms with Crippen molar-refractivity contribution in [1.29, 1.82) is 0 Å². The molecule has 2 amide bonds. The van der Waals surface area contributed by atoms with Crippen LogP contribution in [0, 0.1) is 5.41 Å². The predicted octanol–water partition coefficient (Wildman–Crippen LogP) is 2.51. The minimum atomic E-state index is -0.799. The van der Waals surface area contributed by atoms with E-state index < -0.39 is 23.1 Å². The van der Waals surface area contributed by atoms with Gasteiger partial charge in [-0.2, -0.15) is 0 Å². The Kier molecular flexibility index (Phi) is 8.23. The number of benzene rings is 1. The molecule has 1 saturated heterocycles. The second-order valence-corrected chi connectivity index (χ2v) is 8.51. The number of carbonyl (C=O) groups is 3. The van der Waals surface area contributed by atoms with Gasteiger partial charge in [-0.1, -0.05) is 30.3 Å². The largest absolute Gasteiger partial charge is 0.460 e. The van der Waals surface area contributed by atoms with Crippen molar-refractivity contribution in [3.8, 4) is 0 Å². The molecule has 8 heteroatoms. The molecule has 0 bridgehead atoms. The van der Waals surface area contributed by atoms with Crippen LogP contribution >= 0.6 is 0 Å². The maximum Gasteiger partial charge on any atom is 0.410 e. The SMILES string of the molecule is COCC1(C(=O)NCC(=O)OCc2ccccc2)CCN(C(=O)OC(C)(C)C)CC1. The zero-order chi connectivity index (χ0) is 22.2. The fourth-order valence-electron chi connectivity index (χ4n) is 3.29. The summed E-state index contributed by atoms with van der Waals surface area (Å²) < 4.78 is 15.9. The Morgan fingerprint density at radius 3 is 2.30 bits per heavy atom. The Bertz CT molecular complexity index is 721. The third kappa shape index (κ3) is 7.02. The molecule has 0 atom stereocenters. The van der Waals surface area contributed by atoms with E-state index in [0.29, 0.717) is 25.9 Å². The van der Waals surface area contributed by atoms with Gasteiger partial charge in [-0.05, 0) is 39.2 Å². The van der Waals surface area contributed by atoms with Crippen molar-refractivity contribution >= 4 is 18.0 Å². The summed E-state index contributed by atoms with van der Waals surface area (Å²) in [6.07, 6.45) is 0.453. The number of ether oxygens (including phenoxy) is 3. The van der Waals surface area contributed by atoms with Crippen molar-refractivity contribution in [3.63, 3.8) is 0 Å². The zero-order valence-corrected chi connectivity index (χ0v) is 18.2. The lowest BCUT2D eigenvalue weighted by Crippen LogP contribution is -2.53. The highest BCUT2D eigenvalue weighted by Gasteiger charge is 2.43. The third-order valence-electron chi connectivity index (χ3n) is 4.91. The molecule has 1 N–H and O–H groups in total. The second kappa shape index (κ2) is 10.4. The van der Waals surface area contributed by atoms with Gasteiger partial charge in [0.1, 0.15) is 18.8 Å². The minimum Gasteiger partial charge on any atom is -0.460 e. The molecule has 0 saturated carbocycles. The fourth-order valence-corrected chi connectivity index (χ4v) is 3.29. The van der Waals surface area contributed by atoms with E-state index in [2.05, 4.69) is 5.32 Å². The van der Waals surface area contributed by atoms with Crippen molar-refractivity contribution in [2.24, 2.45) is 5.41 Å². The summed E-state index contributed by atoms with van der Waals surface area (Å²) >= 11 is 0. The number of rotatable bonds is 7. The molecule has 0 radical (unpaired) electrons. The Balaban J connectivity index is 1.85. The topological polar surface area (TPSA) is 94.2 Å². The number of esters is 1.